The van der Waals surface area contributed by atoms with Crippen molar-refractivity contribution in [3.8, 4) is 23.0 Å². The van der Waals surface area contributed by atoms with E-state index in [0.717, 1.165) is 38.9 Å². The summed E-state index contributed by atoms with van der Waals surface area (Å²) in [6, 6.07) is 16.7. The van der Waals surface area contributed by atoms with Gasteiger partial charge in [-0.25, -0.2) is 0 Å². The van der Waals surface area contributed by atoms with Gasteiger partial charge in [-0.15, -0.1) is 0 Å². The Labute approximate surface area is 287 Å². The minimum atomic E-state index is -1.06. The average molecular weight is 647 g/mol. The molecule has 0 aliphatic heterocycles. The number of aromatic hydroxyl groups is 4. The molecule has 6 rings (SSSR count). The highest BCUT2D eigenvalue weighted by molar-refractivity contribution is 5.72. The van der Waals surface area contributed by atoms with Crippen LogP contribution in [0, 0.1) is 0 Å². The lowest BCUT2D eigenvalue weighted by Crippen LogP contribution is -2.31. The minimum absolute atomic E-state index is 0.131. The van der Waals surface area contributed by atoms with Gasteiger partial charge in [0.05, 0.1) is 5.41 Å². The van der Waals surface area contributed by atoms with Crippen molar-refractivity contribution in [2.75, 3.05) is 0 Å². The number of rotatable bonds is 0. The largest absolute Gasteiger partial charge is 0.507 e. The zero-order valence-corrected chi connectivity index (χ0v) is 31.0. The maximum absolute atomic E-state index is 12.6. The minimum Gasteiger partial charge on any atom is -0.507 e. The van der Waals surface area contributed by atoms with Crippen molar-refractivity contribution in [3.63, 3.8) is 0 Å². The summed E-state index contributed by atoms with van der Waals surface area (Å²) in [7, 11) is 0. The second-order valence-electron chi connectivity index (χ2n) is 18.7. The first-order chi connectivity index (χ1) is 21.9. The van der Waals surface area contributed by atoms with E-state index in [1.165, 1.54) is 0 Å². The van der Waals surface area contributed by atoms with E-state index in [1.54, 1.807) is 0 Å². The van der Waals surface area contributed by atoms with Gasteiger partial charge in [0.2, 0.25) is 0 Å². The number of hydrogen-bond donors (Lipinski definition) is 4. The molecule has 0 saturated carbocycles. The van der Waals surface area contributed by atoms with Crippen molar-refractivity contribution in [1.82, 2.24) is 0 Å². The van der Waals surface area contributed by atoms with Crippen LogP contribution in [0.4, 0.5) is 0 Å². The van der Waals surface area contributed by atoms with Gasteiger partial charge in [0.1, 0.15) is 23.0 Å². The zero-order chi connectivity index (χ0) is 35.5. The topological polar surface area (TPSA) is 80.9 Å². The number of phenolic OH excluding ortho intramolecular Hbond substituents is 4. The molecule has 0 unspecified atom stereocenters. The number of fused-ring (bicyclic) bond motifs is 11. The van der Waals surface area contributed by atoms with E-state index in [4.69, 9.17) is 0 Å². The van der Waals surface area contributed by atoms with E-state index in [9.17, 15) is 20.4 Å². The Hall–Kier alpha value is -3.92. The molecule has 0 amide bonds. The van der Waals surface area contributed by atoms with Crippen LogP contribution in [-0.2, 0) is 46.3 Å². The lowest BCUT2D eigenvalue weighted by molar-refractivity contribution is 0.424. The third-order valence-corrected chi connectivity index (χ3v) is 10.9. The summed E-state index contributed by atoms with van der Waals surface area (Å²) in [5.41, 5.74) is 8.07. The van der Waals surface area contributed by atoms with Gasteiger partial charge in [-0.2, -0.15) is 0 Å². The summed E-state index contributed by atoms with van der Waals surface area (Å²) in [5.74, 6) is 0.679. The van der Waals surface area contributed by atoms with Crippen LogP contribution in [0.25, 0.3) is 0 Å². The maximum atomic E-state index is 12.6. The highest BCUT2D eigenvalue weighted by Crippen LogP contribution is 2.59. The van der Waals surface area contributed by atoms with Crippen molar-refractivity contribution < 1.29 is 20.4 Å². The van der Waals surface area contributed by atoms with E-state index < -0.39 is 5.41 Å². The molecular formula is C44H54O4. The van der Waals surface area contributed by atoms with Crippen molar-refractivity contribution in [3.05, 3.63) is 115 Å². The summed E-state index contributed by atoms with van der Waals surface area (Å²) in [5, 5.41) is 48.9. The average Bonchev–Trinajstić information content (AvgIpc) is 3.08. The number of benzene rings is 4. The molecular weight excluding hydrogens is 592 g/mol. The van der Waals surface area contributed by atoms with Crippen LogP contribution < -0.4 is 0 Å². The SMILES string of the molecule is CC(C)(C)c1cc2c(O)c(c1)Cc1cc(C(C)(C)C)cc(c1O)C1(Cc3cc(C(C)(C)C)cc1c3O)c1cc(C(C)(C)C)cc(c1O)C2. The lowest BCUT2D eigenvalue weighted by Gasteiger charge is -2.37. The second-order valence-corrected chi connectivity index (χ2v) is 18.7. The summed E-state index contributed by atoms with van der Waals surface area (Å²) in [6.07, 6.45) is 1.08. The molecule has 48 heavy (non-hydrogen) atoms. The summed E-state index contributed by atoms with van der Waals surface area (Å²) >= 11 is 0. The van der Waals surface area contributed by atoms with Gasteiger partial charge >= 0.3 is 0 Å². The van der Waals surface area contributed by atoms with Gasteiger partial charge in [-0.3, -0.25) is 0 Å². The second kappa shape index (κ2) is 10.5. The highest BCUT2D eigenvalue weighted by atomic mass is 16.3. The number of phenols is 4. The first kappa shape index (κ1) is 34.0. The summed E-state index contributed by atoms with van der Waals surface area (Å²) < 4.78 is 0. The summed E-state index contributed by atoms with van der Waals surface area (Å²) in [6.45, 7) is 26.0. The van der Waals surface area contributed by atoms with Crippen LogP contribution in [-0.4, -0.2) is 20.4 Å². The van der Waals surface area contributed by atoms with Gasteiger partial charge < -0.3 is 20.4 Å². The molecule has 0 saturated heterocycles. The Bertz CT molecular complexity index is 1870. The van der Waals surface area contributed by atoms with Crippen LogP contribution in [0.5, 0.6) is 23.0 Å². The molecule has 4 aromatic carbocycles. The van der Waals surface area contributed by atoms with Gasteiger partial charge in [0.25, 0.3) is 0 Å². The zero-order valence-electron chi connectivity index (χ0n) is 31.0. The molecule has 4 N–H and O–H groups in total. The molecule has 0 radical (unpaired) electrons. The fourth-order valence-electron chi connectivity index (χ4n) is 7.64. The lowest BCUT2D eigenvalue weighted by atomic mass is 9.66. The molecule has 2 aliphatic rings. The van der Waals surface area contributed by atoms with Crippen LogP contribution >= 0.6 is 0 Å². The molecule has 0 heterocycles. The normalized spacial score (nSPS) is 15.8. The third kappa shape index (κ3) is 5.36. The Morgan fingerprint density at radius 2 is 0.625 bits per heavy atom. The van der Waals surface area contributed by atoms with Gasteiger partial charge in [-0.1, -0.05) is 132 Å². The Kier molecular flexibility index (Phi) is 7.46. The monoisotopic (exact) mass is 646 g/mol. The van der Waals surface area contributed by atoms with Crippen molar-refractivity contribution in [2.24, 2.45) is 0 Å². The van der Waals surface area contributed by atoms with E-state index in [0.29, 0.717) is 47.1 Å². The first-order valence-electron chi connectivity index (χ1n) is 17.4. The quantitative estimate of drug-likeness (QED) is 0.153. The fourth-order valence-corrected chi connectivity index (χ4v) is 7.64. The van der Waals surface area contributed by atoms with Gasteiger partial charge in [0.15, 0.2) is 0 Å². The van der Waals surface area contributed by atoms with Crippen LogP contribution in [0.2, 0.25) is 0 Å². The molecule has 2 aliphatic carbocycles. The van der Waals surface area contributed by atoms with Crippen LogP contribution in [0.15, 0.2) is 48.5 Å². The molecule has 4 heteroatoms. The smallest absolute Gasteiger partial charge is 0.123 e. The van der Waals surface area contributed by atoms with Crippen LogP contribution in [0.1, 0.15) is 150 Å². The Morgan fingerprint density at radius 1 is 0.375 bits per heavy atom. The van der Waals surface area contributed by atoms with Crippen molar-refractivity contribution in [2.45, 2.75) is 129 Å². The highest BCUT2D eigenvalue weighted by Gasteiger charge is 2.50. The van der Waals surface area contributed by atoms with Crippen LogP contribution in [0.3, 0.4) is 0 Å². The standard InChI is InChI=1S/C44H54O4/c1-40(2,3)29-15-24-13-26-17-30(41(4,5)6)20-33(37(26)46)44(23-28-19-32(43(10,11)12)22-35(44)39(28)48)34-21-31(42(7,8)9)18-27(38(34)47)14-25(16-29)36(24)45/h15-22,45-48H,13-14,23H2,1-12H3. The van der Waals surface area contributed by atoms with E-state index in [1.807, 2.05) is 0 Å². The Balaban J connectivity index is 1.84. The molecule has 4 aromatic rings. The molecule has 8 bridgehead atoms. The molecule has 1 spiro atoms. The van der Waals surface area contributed by atoms with Gasteiger partial charge in [0, 0.05) is 29.5 Å². The van der Waals surface area contributed by atoms with Crippen molar-refractivity contribution >= 4 is 0 Å². The predicted octanol–water partition coefficient (Wildman–Crippen LogP) is 10.1. The Morgan fingerprint density at radius 3 is 0.938 bits per heavy atom. The molecule has 0 fully saturated rings. The summed E-state index contributed by atoms with van der Waals surface area (Å²) in [4.78, 5) is 0. The molecule has 254 valence electrons. The fraction of sp³-hybridized carbons (Fsp3) is 0.455. The third-order valence-electron chi connectivity index (χ3n) is 10.9. The molecule has 0 aromatic heterocycles. The van der Waals surface area contributed by atoms with E-state index in [-0.39, 0.29) is 44.7 Å². The molecule has 0 atom stereocenters. The van der Waals surface area contributed by atoms with Crippen molar-refractivity contribution in [1.29, 1.82) is 0 Å². The van der Waals surface area contributed by atoms with E-state index in [2.05, 4.69) is 132 Å². The first-order valence-corrected chi connectivity index (χ1v) is 17.4. The maximum Gasteiger partial charge on any atom is 0.123 e. The molecule has 4 nitrogen and oxygen atoms in total. The van der Waals surface area contributed by atoms with Gasteiger partial charge in [-0.05, 0) is 78.2 Å². The predicted molar refractivity (Wildman–Crippen MR) is 196 cm³/mol. The number of hydrogen-bond acceptors (Lipinski definition) is 4. The van der Waals surface area contributed by atoms with E-state index >= 15 is 0 Å².